The van der Waals surface area contributed by atoms with Crippen LogP contribution in [-0.4, -0.2) is 28.7 Å². The monoisotopic (exact) mass is 266 g/mol. The van der Waals surface area contributed by atoms with Crippen LogP contribution in [0.3, 0.4) is 0 Å². The van der Waals surface area contributed by atoms with E-state index in [4.69, 9.17) is 5.73 Å². The van der Waals surface area contributed by atoms with E-state index in [9.17, 15) is 14.4 Å². The zero-order valence-corrected chi connectivity index (χ0v) is 10.7. The van der Waals surface area contributed by atoms with Gasteiger partial charge in [0.05, 0.1) is 11.8 Å². The Morgan fingerprint density at radius 3 is 2.44 bits per heavy atom. The van der Waals surface area contributed by atoms with E-state index < -0.39 is 11.2 Å². The van der Waals surface area contributed by atoms with E-state index in [1.165, 1.54) is 0 Å². The molecule has 0 aliphatic heterocycles. The number of rotatable bonds is 5. The molecule has 0 spiro atoms. The summed E-state index contributed by atoms with van der Waals surface area (Å²) >= 11 is 0.909. The first-order valence-corrected chi connectivity index (χ1v) is 6.20. The molecular weight excluding hydrogens is 252 g/mol. The first-order chi connectivity index (χ1) is 8.50. The summed E-state index contributed by atoms with van der Waals surface area (Å²) in [6.07, 6.45) is 0. The molecule has 0 saturated heterocycles. The van der Waals surface area contributed by atoms with E-state index in [1.54, 1.807) is 31.2 Å². The second-order valence-electron chi connectivity index (χ2n) is 3.60. The van der Waals surface area contributed by atoms with Crippen molar-refractivity contribution < 1.29 is 14.4 Å². The van der Waals surface area contributed by atoms with Gasteiger partial charge in [-0.3, -0.25) is 14.4 Å². The lowest BCUT2D eigenvalue weighted by atomic mass is 10.2. The third-order valence-electron chi connectivity index (χ3n) is 2.10. The highest BCUT2D eigenvalue weighted by molar-refractivity contribution is 8.15. The number of nitrogens with two attached hydrogens (primary N) is 1. The van der Waals surface area contributed by atoms with Crippen molar-refractivity contribution in [1.82, 2.24) is 5.32 Å². The molecule has 5 nitrogen and oxygen atoms in total. The van der Waals surface area contributed by atoms with Crippen molar-refractivity contribution in [3.63, 3.8) is 0 Å². The van der Waals surface area contributed by atoms with Gasteiger partial charge >= 0.3 is 0 Å². The Kier molecular flexibility index (Phi) is 5.38. The lowest BCUT2D eigenvalue weighted by Crippen LogP contribution is -2.37. The van der Waals surface area contributed by atoms with Crippen LogP contribution in [0.25, 0.3) is 0 Å². The standard InChI is InChI=1S/C12H14N2O3S/c1-8(11(16)14-7-10(13)15)18-12(17)9-5-3-2-4-6-9/h2-6,8H,7H2,1H3,(H2,13,15)(H,14,16). The second kappa shape index (κ2) is 6.80. The van der Waals surface area contributed by atoms with Gasteiger partial charge in [-0.05, 0) is 6.92 Å². The molecule has 1 aromatic rings. The second-order valence-corrected chi connectivity index (χ2v) is 4.91. The highest BCUT2D eigenvalue weighted by Crippen LogP contribution is 2.17. The van der Waals surface area contributed by atoms with Gasteiger partial charge in [-0.25, -0.2) is 0 Å². The molecule has 2 amide bonds. The molecule has 0 radical (unpaired) electrons. The van der Waals surface area contributed by atoms with Crippen LogP contribution in [0.5, 0.6) is 0 Å². The minimum absolute atomic E-state index is 0.183. The van der Waals surface area contributed by atoms with Crippen molar-refractivity contribution in [1.29, 1.82) is 0 Å². The van der Waals surface area contributed by atoms with Crippen LogP contribution in [0.2, 0.25) is 0 Å². The van der Waals surface area contributed by atoms with Crippen LogP contribution in [-0.2, 0) is 9.59 Å². The van der Waals surface area contributed by atoms with Crippen LogP contribution in [0.15, 0.2) is 30.3 Å². The molecular formula is C12H14N2O3S. The highest BCUT2D eigenvalue weighted by Gasteiger charge is 2.18. The molecule has 1 aromatic carbocycles. The summed E-state index contributed by atoms with van der Waals surface area (Å²) in [5, 5.41) is 1.60. The van der Waals surface area contributed by atoms with E-state index in [0.29, 0.717) is 5.56 Å². The fraction of sp³-hybridized carbons (Fsp3) is 0.250. The SMILES string of the molecule is CC(SC(=O)c1ccccc1)C(=O)NCC(N)=O. The summed E-state index contributed by atoms with van der Waals surface area (Å²) in [5.41, 5.74) is 5.44. The molecule has 0 aliphatic carbocycles. The first-order valence-electron chi connectivity index (χ1n) is 5.32. The Morgan fingerprint density at radius 1 is 1.28 bits per heavy atom. The maximum atomic E-state index is 11.8. The van der Waals surface area contributed by atoms with Gasteiger partial charge in [0, 0.05) is 5.56 Å². The van der Waals surface area contributed by atoms with Gasteiger partial charge in [-0.2, -0.15) is 0 Å². The number of primary amides is 1. The fourth-order valence-electron chi connectivity index (χ4n) is 1.17. The average molecular weight is 266 g/mol. The van der Waals surface area contributed by atoms with Crippen molar-refractivity contribution in [2.75, 3.05) is 6.54 Å². The summed E-state index contributed by atoms with van der Waals surface area (Å²) in [6, 6.07) is 8.69. The lowest BCUT2D eigenvalue weighted by molar-refractivity contribution is -0.124. The number of hydrogen-bond acceptors (Lipinski definition) is 4. The third-order valence-corrected chi connectivity index (χ3v) is 3.12. The summed E-state index contributed by atoms with van der Waals surface area (Å²) < 4.78 is 0. The zero-order chi connectivity index (χ0) is 13.5. The van der Waals surface area contributed by atoms with Gasteiger partial charge in [0.2, 0.25) is 16.9 Å². The molecule has 3 N–H and O–H groups in total. The van der Waals surface area contributed by atoms with Gasteiger partial charge < -0.3 is 11.1 Å². The smallest absolute Gasteiger partial charge is 0.236 e. The Hall–Kier alpha value is -1.82. The molecule has 1 rings (SSSR count). The molecule has 18 heavy (non-hydrogen) atoms. The molecule has 0 heterocycles. The van der Waals surface area contributed by atoms with Crippen LogP contribution >= 0.6 is 11.8 Å². The van der Waals surface area contributed by atoms with E-state index in [-0.39, 0.29) is 17.6 Å². The molecule has 96 valence electrons. The minimum atomic E-state index is -0.616. The normalized spacial score (nSPS) is 11.6. The molecule has 6 heteroatoms. The Morgan fingerprint density at radius 2 is 1.89 bits per heavy atom. The Bertz CT molecular complexity index is 448. The predicted octanol–water partition coefficient (Wildman–Crippen LogP) is 0.550. The fourth-order valence-corrected chi connectivity index (χ4v) is 1.96. The summed E-state index contributed by atoms with van der Waals surface area (Å²) in [4.78, 5) is 33.8. The van der Waals surface area contributed by atoms with E-state index >= 15 is 0 Å². The topological polar surface area (TPSA) is 89.3 Å². The van der Waals surface area contributed by atoms with Gasteiger partial charge in [-0.1, -0.05) is 42.1 Å². The molecule has 1 atom stereocenters. The van der Waals surface area contributed by atoms with Crippen LogP contribution < -0.4 is 11.1 Å². The van der Waals surface area contributed by atoms with E-state index in [1.807, 2.05) is 6.07 Å². The number of thioether (sulfide) groups is 1. The van der Waals surface area contributed by atoms with E-state index in [0.717, 1.165) is 11.8 Å². The molecule has 0 fully saturated rings. The van der Waals surface area contributed by atoms with Gasteiger partial charge in [0.25, 0.3) is 0 Å². The van der Waals surface area contributed by atoms with Crippen LogP contribution in [0.1, 0.15) is 17.3 Å². The quantitative estimate of drug-likeness (QED) is 0.814. The number of benzene rings is 1. The van der Waals surface area contributed by atoms with Crippen molar-refractivity contribution in [2.24, 2.45) is 5.73 Å². The maximum Gasteiger partial charge on any atom is 0.236 e. The molecule has 1 unspecified atom stereocenters. The zero-order valence-electron chi connectivity index (χ0n) is 9.88. The van der Waals surface area contributed by atoms with Crippen LogP contribution in [0, 0.1) is 0 Å². The van der Waals surface area contributed by atoms with Crippen LogP contribution in [0.4, 0.5) is 0 Å². The molecule has 0 saturated carbocycles. The highest BCUT2D eigenvalue weighted by atomic mass is 32.2. The Balaban J connectivity index is 2.49. The third kappa shape index (κ3) is 4.58. The Labute approximate surface area is 109 Å². The van der Waals surface area contributed by atoms with Crippen molar-refractivity contribution in [3.8, 4) is 0 Å². The molecule has 0 bridgehead atoms. The van der Waals surface area contributed by atoms with Crippen molar-refractivity contribution in [2.45, 2.75) is 12.2 Å². The van der Waals surface area contributed by atoms with E-state index in [2.05, 4.69) is 5.32 Å². The van der Waals surface area contributed by atoms with Crippen molar-refractivity contribution >= 4 is 28.7 Å². The molecule has 0 aliphatic rings. The summed E-state index contributed by atoms with van der Waals surface area (Å²) in [6.45, 7) is 1.38. The summed E-state index contributed by atoms with van der Waals surface area (Å²) in [5.74, 6) is -1.00. The number of carbonyl (C=O) groups is 3. The number of hydrogen-bond donors (Lipinski definition) is 2. The van der Waals surface area contributed by atoms with Gasteiger partial charge in [-0.15, -0.1) is 0 Å². The largest absolute Gasteiger partial charge is 0.368 e. The first kappa shape index (κ1) is 14.2. The number of amides is 2. The lowest BCUT2D eigenvalue weighted by Gasteiger charge is -2.09. The molecule has 0 aromatic heterocycles. The summed E-state index contributed by atoms with van der Waals surface area (Å²) in [7, 11) is 0. The number of carbonyl (C=O) groups excluding carboxylic acids is 3. The average Bonchev–Trinajstić information content (AvgIpc) is 2.36. The van der Waals surface area contributed by atoms with Crippen molar-refractivity contribution in [3.05, 3.63) is 35.9 Å². The van der Waals surface area contributed by atoms with Gasteiger partial charge in [0.15, 0.2) is 0 Å². The minimum Gasteiger partial charge on any atom is -0.368 e. The predicted molar refractivity (Wildman–Crippen MR) is 70.0 cm³/mol. The van der Waals surface area contributed by atoms with Gasteiger partial charge in [0.1, 0.15) is 0 Å². The maximum absolute atomic E-state index is 11.8. The number of nitrogens with one attached hydrogen (secondary N) is 1.